The van der Waals surface area contributed by atoms with Crippen molar-refractivity contribution in [3.05, 3.63) is 35.9 Å². The lowest BCUT2D eigenvalue weighted by molar-refractivity contribution is -0.146. The van der Waals surface area contributed by atoms with Crippen LogP contribution >= 0.6 is 21.6 Å². The van der Waals surface area contributed by atoms with Gasteiger partial charge in [-0.2, -0.15) is 0 Å². The van der Waals surface area contributed by atoms with Gasteiger partial charge in [0.2, 0.25) is 0 Å². The van der Waals surface area contributed by atoms with Crippen molar-refractivity contribution < 1.29 is 19.1 Å². The Labute approximate surface area is 170 Å². The molecule has 0 aliphatic carbocycles. The zero-order chi connectivity index (χ0) is 19.2. The fourth-order valence-electron chi connectivity index (χ4n) is 2.86. The second-order valence-corrected chi connectivity index (χ2v) is 9.50. The number of unbranched alkanes of at least 4 members (excludes halogenated alkanes) is 1. The van der Waals surface area contributed by atoms with E-state index >= 15 is 0 Å². The Balaban J connectivity index is 1.37. The number of ether oxygens (including phenoxy) is 2. The molecule has 1 fully saturated rings. The minimum absolute atomic E-state index is 0.141. The fourth-order valence-corrected chi connectivity index (χ4v) is 5.89. The standard InChI is InChI=1S/C21H30O4S2/c22-20(12-5-4-11-19-14-17-26-27-19)24-15-7-16-25-21(23)13-6-10-18-8-2-1-3-9-18/h1-3,8-9,19H,4-7,10-17H2. The van der Waals surface area contributed by atoms with E-state index in [9.17, 15) is 9.59 Å². The molecule has 1 unspecified atom stereocenters. The first-order valence-corrected chi connectivity index (χ1v) is 12.3. The van der Waals surface area contributed by atoms with Crippen molar-refractivity contribution in [1.29, 1.82) is 0 Å². The number of carbonyl (C=O) groups is 2. The van der Waals surface area contributed by atoms with E-state index in [-0.39, 0.29) is 11.9 Å². The average Bonchev–Trinajstić information content (AvgIpc) is 3.19. The van der Waals surface area contributed by atoms with E-state index < -0.39 is 0 Å². The van der Waals surface area contributed by atoms with Crippen LogP contribution in [0.15, 0.2) is 30.3 Å². The molecule has 2 rings (SSSR count). The van der Waals surface area contributed by atoms with Crippen LogP contribution in [0.5, 0.6) is 0 Å². The van der Waals surface area contributed by atoms with Crippen molar-refractivity contribution in [3.8, 4) is 0 Å². The van der Waals surface area contributed by atoms with Crippen LogP contribution in [0.1, 0.15) is 56.9 Å². The van der Waals surface area contributed by atoms with Gasteiger partial charge in [-0.25, -0.2) is 0 Å². The minimum atomic E-state index is -0.180. The minimum Gasteiger partial charge on any atom is -0.466 e. The van der Waals surface area contributed by atoms with Crippen LogP contribution in [0.25, 0.3) is 0 Å². The van der Waals surface area contributed by atoms with E-state index in [1.54, 1.807) is 0 Å². The second kappa shape index (κ2) is 13.9. The molecule has 1 heterocycles. The summed E-state index contributed by atoms with van der Waals surface area (Å²) >= 11 is 0. The summed E-state index contributed by atoms with van der Waals surface area (Å²) in [5.41, 5.74) is 1.23. The molecule has 0 bridgehead atoms. The van der Waals surface area contributed by atoms with E-state index in [0.29, 0.717) is 32.5 Å². The highest BCUT2D eigenvalue weighted by Gasteiger charge is 2.15. The Kier molecular flexibility index (Phi) is 11.4. The van der Waals surface area contributed by atoms with Crippen LogP contribution in [0.2, 0.25) is 0 Å². The third-order valence-corrected chi connectivity index (χ3v) is 7.40. The summed E-state index contributed by atoms with van der Waals surface area (Å²) in [4.78, 5) is 23.4. The molecule has 1 aliphatic rings. The van der Waals surface area contributed by atoms with Crippen molar-refractivity contribution in [2.45, 2.75) is 63.0 Å². The van der Waals surface area contributed by atoms with Gasteiger partial charge in [0, 0.05) is 30.3 Å². The highest BCUT2D eigenvalue weighted by molar-refractivity contribution is 8.77. The van der Waals surface area contributed by atoms with E-state index in [4.69, 9.17) is 9.47 Å². The number of benzene rings is 1. The summed E-state index contributed by atoms with van der Waals surface area (Å²) in [6.07, 6.45) is 7.63. The van der Waals surface area contributed by atoms with Gasteiger partial charge in [0.15, 0.2) is 0 Å². The molecule has 27 heavy (non-hydrogen) atoms. The second-order valence-electron chi connectivity index (χ2n) is 6.71. The summed E-state index contributed by atoms with van der Waals surface area (Å²) in [5.74, 6) is 0.937. The maximum Gasteiger partial charge on any atom is 0.305 e. The average molecular weight is 411 g/mol. The summed E-state index contributed by atoms with van der Waals surface area (Å²) in [7, 11) is 3.94. The number of esters is 2. The van der Waals surface area contributed by atoms with E-state index in [1.807, 2.05) is 39.8 Å². The SMILES string of the molecule is O=C(CCCCC1CCSS1)OCCCOC(=O)CCCc1ccccc1. The molecule has 1 aliphatic heterocycles. The van der Waals surface area contributed by atoms with E-state index in [1.165, 1.54) is 24.2 Å². The Hall–Kier alpha value is -1.14. The lowest BCUT2D eigenvalue weighted by Gasteiger charge is -2.08. The predicted molar refractivity (Wildman–Crippen MR) is 113 cm³/mol. The normalized spacial score (nSPS) is 16.2. The van der Waals surface area contributed by atoms with Gasteiger partial charge in [-0.3, -0.25) is 9.59 Å². The van der Waals surface area contributed by atoms with Gasteiger partial charge in [0.1, 0.15) is 0 Å². The third kappa shape index (κ3) is 10.7. The fraction of sp³-hybridized carbons (Fsp3) is 0.619. The van der Waals surface area contributed by atoms with Gasteiger partial charge in [-0.05, 0) is 37.7 Å². The topological polar surface area (TPSA) is 52.6 Å². The zero-order valence-corrected chi connectivity index (χ0v) is 17.5. The quantitative estimate of drug-likeness (QED) is 0.253. The third-order valence-electron chi connectivity index (χ3n) is 4.39. The van der Waals surface area contributed by atoms with Crippen LogP contribution in [0.4, 0.5) is 0 Å². The highest BCUT2D eigenvalue weighted by atomic mass is 33.1. The maximum atomic E-state index is 11.7. The predicted octanol–water partition coefficient (Wildman–Crippen LogP) is 5.20. The van der Waals surface area contributed by atoms with Crippen LogP contribution in [0, 0.1) is 0 Å². The maximum absolute atomic E-state index is 11.7. The Morgan fingerprint density at radius 3 is 2.30 bits per heavy atom. The number of rotatable bonds is 13. The van der Waals surface area contributed by atoms with Crippen molar-refractivity contribution in [2.75, 3.05) is 19.0 Å². The summed E-state index contributed by atoms with van der Waals surface area (Å²) < 4.78 is 10.4. The lowest BCUT2D eigenvalue weighted by atomic mass is 10.1. The Morgan fingerprint density at radius 2 is 1.63 bits per heavy atom. The van der Waals surface area contributed by atoms with Crippen molar-refractivity contribution >= 4 is 33.5 Å². The van der Waals surface area contributed by atoms with Crippen LogP contribution < -0.4 is 0 Å². The molecule has 0 aromatic heterocycles. The van der Waals surface area contributed by atoms with Gasteiger partial charge in [-0.1, -0.05) is 58.3 Å². The number of carbonyl (C=O) groups excluding carboxylic acids is 2. The van der Waals surface area contributed by atoms with Gasteiger partial charge in [-0.15, -0.1) is 0 Å². The van der Waals surface area contributed by atoms with Crippen LogP contribution in [-0.4, -0.2) is 36.2 Å². The lowest BCUT2D eigenvalue weighted by Crippen LogP contribution is -2.11. The van der Waals surface area contributed by atoms with Crippen LogP contribution in [-0.2, 0) is 25.5 Å². The molecule has 0 radical (unpaired) electrons. The molecule has 1 aromatic rings. The molecule has 4 nitrogen and oxygen atoms in total. The first-order chi connectivity index (χ1) is 13.2. The summed E-state index contributed by atoms with van der Waals surface area (Å²) in [6.45, 7) is 0.638. The molecule has 1 atom stereocenters. The molecular weight excluding hydrogens is 380 g/mol. The Morgan fingerprint density at radius 1 is 0.926 bits per heavy atom. The number of hydrogen-bond donors (Lipinski definition) is 0. The molecule has 6 heteroatoms. The van der Waals surface area contributed by atoms with Gasteiger partial charge in [0.05, 0.1) is 13.2 Å². The molecule has 0 spiro atoms. The molecular formula is C21H30O4S2. The molecule has 0 saturated carbocycles. The van der Waals surface area contributed by atoms with Crippen LogP contribution in [0.3, 0.4) is 0 Å². The van der Waals surface area contributed by atoms with Crippen molar-refractivity contribution in [3.63, 3.8) is 0 Å². The molecule has 0 N–H and O–H groups in total. The van der Waals surface area contributed by atoms with Crippen molar-refractivity contribution in [1.82, 2.24) is 0 Å². The molecule has 150 valence electrons. The monoisotopic (exact) mass is 410 g/mol. The highest BCUT2D eigenvalue weighted by Crippen LogP contribution is 2.39. The molecule has 1 saturated heterocycles. The largest absolute Gasteiger partial charge is 0.466 e. The first-order valence-electron chi connectivity index (χ1n) is 9.87. The van der Waals surface area contributed by atoms with E-state index in [0.717, 1.165) is 30.9 Å². The molecule has 0 amide bonds. The summed E-state index contributed by atoms with van der Waals surface area (Å²) in [6, 6.07) is 10.1. The summed E-state index contributed by atoms with van der Waals surface area (Å²) in [5, 5.41) is 0.772. The number of aryl methyl sites for hydroxylation is 1. The van der Waals surface area contributed by atoms with Crippen molar-refractivity contribution in [2.24, 2.45) is 0 Å². The first kappa shape index (κ1) is 22.2. The smallest absolute Gasteiger partial charge is 0.305 e. The zero-order valence-electron chi connectivity index (χ0n) is 15.9. The van der Waals surface area contributed by atoms with E-state index in [2.05, 4.69) is 12.1 Å². The number of hydrogen-bond acceptors (Lipinski definition) is 6. The van der Waals surface area contributed by atoms with Gasteiger partial charge < -0.3 is 9.47 Å². The van der Waals surface area contributed by atoms with Gasteiger partial charge >= 0.3 is 11.9 Å². The molecule has 1 aromatic carbocycles. The van der Waals surface area contributed by atoms with Gasteiger partial charge in [0.25, 0.3) is 0 Å². The Bertz CT molecular complexity index is 544.